The van der Waals surface area contributed by atoms with E-state index in [1.807, 2.05) is 12.1 Å². The summed E-state index contributed by atoms with van der Waals surface area (Å²) in [6.45, 7) is 0. The van der Waals surface area contributed by atoms with E-state index < -0.39 is 0 Å². The number of anilines is 1. The quantitative estimate of drug-likeness (QED) is 0.698. The Hall–Kier alpha value is -2.44. The van der Waals surface area contributed by atoms with Gasteiger partial charge in [-0.05, 0) is 42.0 Å². The van der Waals surface area contributed by atoms with Crippen LogP contribution in [0.1, 0.15) is 16.1 Å². The molecule has 0 unspecified atom stereocenters. The molecule has 2 aromatic heterocycles. The third kappa shape index (κ3) is 4.31. The number of aromatic nitrogens is 3. The van der Waals surface area contributed by atoms with Gasteiger partial charge in [-0.1, -0.05) is 23.4 Å². The fourth-order valence-electron chi connectivity index (χ4n) is 1.94. The van der Waals surface area contributed by atoms with Crippen molar-refractivity contribution in [3.05, 3.63) is 77.5 Å². The van der Waals surface area contributed by atoms with Gasteiger partial charge in [0.05, 0.1) is 0 Å². The first-order valence-electron chi connectivity index (χ1n) is 7.12. The maximum absolute atomic E-state index is 12.5. The molecule has 0 fully saturated rings. The van der Waals surface area contributed by atoms with Crippen molar-refractivity contribution in [1.29, 1.82) is 0 Å². The average Bonchev–Trinajstić information content (AvgIpc) is 2.63. The third-order valence-corrected chi connectivity index (χ3v) is 4.41. The molecule has 0 bridgehead atoms. The summed E-state index contributed by atoms with van der Waals surface area (Å²) in [6.07, 6.45) is 6.56. The lowest BCUT2D eigenvalue weighted by Gasteiger charge is -2.08. The van der Waals surface area contributed by atoms with Crippen molar-refractivity contribution in [2.45, 2.75) is 10.8 Å². The van der Waals surface area contributed by atoms with Gasteiger partial charge in [0.25, 0.3) is 5.91 Å². The summed E-state index contributed by atoms with van der Waals surface area (Å²) in [5, 5.41) is 4.00. The second-order valence-electron chi connectivity index (χ2n) is 4.82. The van der Waals surface area contributed by atoms with Gasteiger partial charge < -0.3 is 5.32 Å². The predicted molar refractivity (Wildman–Crippen MR) is 95.2 cm³/mol. The van der Waals surface area contributed by atoms with Gasteiger partial charge in [-0.3, -0.25) is 9.78 Å². The molecule has 0 atom stereocenters. The summed E-state index contributed by atoms with van der Waals surface area (Å²) in [4.78, 5) is 24.9. The standard InChI is InChI=1S/C17H13ClN4OS/c18-13-1-3-14(4-2-13)22-16(23)15-17(21-10-9-20-15)24-11-12-5-7-19-8-6-12/h1-10H,11H2,(H,22,23). The van der Waals surface area contributed by atoms with Crippen LogP contribution >= 0.6 is 23.4 Å². The molecule has 120 valence electrons. The number of carbonyl (C=O) groups is 1. The van der Waals surface area contributed by atoms with Crippen molar-refractivity contribution >= 4 is 35.0 Å². The summed E-state index contributed by atoms with van der Waals surface area (Å²) in [5.74, 6) is 0.380. The van der Waals surface area contributed by atoms with E-state index >= 15 is 0 Å². The van der Waals surface area contributed by atoms with Crippen molar-refractivity contribution in [1.82, 2.24) is 15.0 Å². The monoisotopic (exact) mass is 356 g/mol. The predicted octanol–water partition coefficient (Wildman–Crippen LogP) is 4.07. The van der Waals surface area contributed by atoms with E-state index in [-0.39, 0.29) is 5.91 Å². The topological polar surface area (TPSA) is 67.8 Å². The van der Waals surface area contributed by atoms with Crippen LogP contribution in [0, 0.1) is 0 Å². The third-order valence-electron chi connectivity index (χ3n) is 3.11. The van der Waals surface area contributed by atoms with E-state index in [1.165, 1.54) is 18.0 Å². The second-order valence-corrected chi connectivity index (χ2v) is 6.22. The number of thioether (sulfide) groups is 1. The first-order valence-corrected chi connectivity index (χ1v) is 8.48. The molecule has 7 heteroatoms. The highest BCUT2D eigenvalue weighted by molar-refractivity contribution is 7.98. The SMILES string of the molecule is O=C(Nc1ccc(Cl)cc1)c1nccnc1SCc1ccncc1. The normalized spacial score (nSPS) is 10.4. The Morgan fingerprint density at radius 2 is 1.71 bits per heavy atom. The highest BCUT2D eigenvalue weighted by atomic mass is 35.5. The Morgan fingerprint density at radius 3 is 2.46 bits per heavy atom. The number of nitrogens with one attached hydrogen (secondary N) is 1. The van der Waals surface area contributed by atoms with Crippen molar-refractivity contribution in [2.75, 3.05) is 5.32 Å². The second kappa shape index (κ2) is 7.90. The fourth-order valence-corrected chi connectivity index (χ4v) is 2.98. The molecule has 0 saturated heterocycles. The zero-order chi connectivity index (χ0) is 16.8. The highest BCUT2D eigenvalue weighted by Crippen LogP contribution is 2.23. The molecular weight excluding hydrogens is 344 g/mol. The molecule has 1 N–H and O–H groups in total. The van der Waals surface area contributed by atoms with E-state index in [4.69, 9.17) is 11.6 Å². The molecule has 0 saturated carbocycles. The van der Waals surface area contributed by atoms with Crippen molar-refractivity contribution < 1.29 is 4.79 Å². The van der Waals surface area contributed by atoms with E-state index in [0.717, 1.165) is 5.56 Å². The molecule has 0 aliphatic heterocycles. The van der Waals surface area contributed by atoms with Crippen LogP contribution < -0.4 is 5.32 Å². The molecule has 0 aliphatic carbocycles. The molecular formula is C17H13ClN4OS. The molecule has 3 rings (SSSR count). The van der Waals surface area contributed by atoms with Crippen molar-refractivity contribution in [2.24, 2.45) is 0 Å². The maximum Gasteiger partial charge on any atom is 0.277 e. The summed E-state index contributed by atoms with van der Waals surface area (Å²) >= 11 is 7.31. The van der Waals surface area contributed by atoms with Gasteiger partial charge >= 0.3 is 0 Å². The number of nitrogens with zero attached hydrogens (tertiary/aromatic N) is 3. The minimum atomic E-state index is -0.303. The Bertz CT molecular complexity index is 828. The maximum atomic E-state index is 12.5. The van der Waals surface area contributed by atoms with E-state index in [2.05, 4.69) is 20.3 Å². The number of benzene rings is 1. The molecule has 2 heterocycles. The molecule has 1 amide bonds. The van der Waals surface area contributed by atoms with Crippen molar-refractivity contribution in [3.8, 4) is 0 Å². The summed E-state index contributed by atoms with van der Waals surface area (Å²) in [5.41, 5.74) is 2.05. The summed E-state index contributed by atoms with van der Waals surface area (Å²) in [7, 11) is 0. The summed E-state index contributed by atoms with van der Waals surface area (Å²) in [6, 6.07) is 10.8. The van der Waals surface area contributed by atoms with Crippen molar-refractivity contribution in [3.63, 3.8) is 0 Å². The first kappa shape index (κ1) is 16.4. The zero-order valence-corrected chi connectivity index (χ0v) is 14.1. The zero-order valence-electron chi connectivity index (χ0n) is 12.5. The van der Waals surface area contributed by atoms with Gasteiger partial charge in [-0.2, -0.15) is 0 Å². The van der Waals surface area contributed by atoms with Gasteiger partial charge in [0.2, 0.25) is 0 Å². The van der Waals surface area contributed by atoms with Crippen LogP contribution in [0.15, 0.2) is 66.2 Å². The molecule has 0 aliphatic rings. The number of amides is 1. The Kier molecular flexibility index (Phi) is 5.40. The Labute approximate surface area is 148 Å². The van der Waals surface area contributed by atoms with Crippen LogP contribution in [0.5, 0.6) is 0 Å². The molecule has 3 aromatic rings. The lowest BCUT2D eigenvalue weighted by Crippen LogP contribution is -2.15. The molecule has 1 aromatic carbocycles. The Morgan fingerprint density at radius 1 is 1.00 bits per heavy atom. The van der Waals surface area contributed by atoms with E-state index in [0.29, 0.717) is 27.2 Å². The van der Waals surface area contributed by atoms with E-state index in [1.54, 1.807) is 42.9 Å². The summed E-state index contributed by atoms with van der Waals surface area (Å²) < 4.78 is 0. The van der Waals surface area contributed by atoms with Crippen LogP contribution in [-0.4, -0.2) is 20.9 Å². The van der Waals surface area contributed by atoms with Crippen LogP contribution in [0.25, 0.3) is 0 Å². The molecule has 24 heavy (non-hydrogen) atoms. The van der Waals surface area contributed by atoms with Crippen LogP contribution in [0.3, 0.4) is 0 Å². The first-order chi connectivity index (χ1) is 11.7. The lowest BCUT2D eigenvalue weighted by molar-refractivity contribution is 0.101. The fraction of sp³-hybridized carbons (Fsp3) is 0.0588. The van der Waals surface area contributed by atoms with Gasteiger partial charge in [0, 0.05) is 41.3 Å². The Balaban J connectivity index is 1.73. The minimum absolute atomic E-state index is 0.298. The molecule has 5 nitrogen and oxygen atoms in total. The number of hydrogen-bond donors (Lipinski definition) is 1. The van der Waals surface area contributed by atoms with Crippen LogP contribution in [0.4, 0.5) is 5.69 Å². The van der Waals surface area contributed by atoms with Gasteiger partial charge in [-0.25, -0.2) is 9.97 Å². The largest absolute Gasteiger partial charge is 0.321 e. The number of halogens is 1. The molecule has 0 spiro atoms. The smallest absolute Gasteiger partial charge is 0.277 e. The van der Waals surface area contributed by atoms with Gasteiger partial charge in [0.15, 0.2) is 5.69 Å². The van der Waals surface area contributed by atoms with Crippen LogP contribution in [-0.2, 0) is 5.75 Å². The number of carbonyl (C=O) groups excluding carboxylic acids is 1. The number of hydrogen-bond acceptors (Lipinski definition) is 5. The lowest BCUT2D eigenvalue weighted by atomic mass is 10.3. The van der Waals surface area contributed by atoms with Gasteiger partial charge in [-0.15, -0.1) is 0 Å². The van der Waals surface area contributed by atoms with Gasteiger partial charge in [0.1, 0.15) is 5.03 Å². The number of rotatable bonds is 5. The van der Waals surface area contributed by atoms with Crippen LogP contribution in [0.2, 0.25) is 5.02 Å². The molecule has 0 radical (unpaired) electrons. The van der Waals surface area contributed by atoms with E-state index in [9.17, 15) is 4.79 Å². The minimum Gasteiger partial charge on any atom is -0.321 e. The highest BCUT2D eigenvalue weighted by Gasteiger charge is 2.15. The number of pyridine rings is 1. The average molecular weight is 357 g/mol.